The summed E-state index contributed by atoms with van der Waals surface area (Å²) in [7, 11) is 0. The van der Waals surface area contributed by atoms with Gasteiger partial charge < -0.3 is 15.2 Å². The number of hydrogen-bond donors (Lipinski definition) is 2. The van der Waals surface area contributed by atoms with E-state index in [1.54, 1.807) is 24.3 Å². The van der Waals surface area contributed by atoms with Crippen molar-refractivity contribution in [2.75, 3.05) is 11.9 Å². The lowest BCUT2D eigenvalue weighted by molar-refractivity contribution is -0.139. The molecule has 1 fully saturated rings. The molecule has 1 aromatic carbocycles. The zero-order valence-corrected chi connectivity index (χ0v) is 12.2. The first kappa shape index (κ1) is 15.4. The van der Waals surface area contributed by atoms with Crippen LogP contribution in [0.15, 0.2) is 24.3 Å². The second-order valence-corrected chi connectivity index (χ2v) is 5.66. The molecule has 0 radical (unpaired) electrons. The van der Waals surface area contributed by atoms with Gasteiger partial charge in [0.15, 0.2) is 6.61 Å². The third kappa shape index (κ3) is 4.77. The predicted molar refractivity (Wildman–Crippen MR) is 79.3 cm³/mol. The highest BCUT2D eigenvalue weighted by molar-refractivity contribution is 5.92. The highest BCUT2D eigenvalue weighted by atomic mass is 16.5. The molecular weight excluding hydrogens is 270 g/mol. The first-order valence-corrected chi connectivity index (χ1v) is 7.30. The van der Waals surface area contributed by atoms with Crippen LogP contribution < -0.4 is 10.1 Å². The topological polar surface area (TPSA) is 75.6 Å². The maximum atomic E-state index is 12.2. The van der Waals surface area contributed by atoms with Crippen LogP contribution >= 0.6 is 0 Å². The van der Waals surface area contributed by atoms with Gasteiger partial charge in [0.05, 0.1) is 0 Å². The van der Waals surface area contributed by atoms with Crippen LogP contribution in [0.5, 0.6) is 5.75 Å². The normalized spacial score (nSPS) is 21.6. The maximum Gasteiger partial charge on any atom is 0.341 e. The van der Waals surface area contributed by atoms with Gasteiger partial charge in [-0.25, -0.2) is 4.79 Å². The highest BCUT2D eigenvalue weighted by Crippen LogP contribution is 2.29. The molecule has 114 valence electrons. The minimum Gasteiger partial charge on any atom is -0.482 e. The summed E-state index contributed by atoms with van der Waals surface area (Å²) in [5.41, 5.74) is 0.640. The molecular formula is C16H21NO4. The number of rotatable bonds is 5. The second-order valence-electron chi connectivity index (χ2n) is 5.66. The fourth-order valence-corrected chi connectivity index (χ4v) is 2.58. The lowest BCUT2D eigenvalue weighted by Crippen LogP contribution is -2.26. The molecule has 0 atom stereocenters. The van der Waals surface area contributed by atoms with Crippen molar-refractivity contribution in [1.82, 2.24) is 0 Å². The molecule has 5 nitrogen and oxygen atoms in total. The van der Waals surface area contributed by atoms with E-state index in [-0.39, 0.29) is 11.8 Å². The van der Waals surface area contributed by atoms with E-state index in [4.69, 9.17) is 9.84 Å². The van der Waals surface area contributed by atoms with Crippen molar-refractivity contribution in [3.8, 4) is 5.75 Å². The van der Waals surface area contributed by atoms with E-state index in [1.807, 2.05) is 0 Å². The number of carboxylic acid groups (broad SMARTS) is 1. The fraction of sp³-hybridized carbons (Fsp3) is 0.500. The van der Waals surface area contributed by atoms with Crippen LogP contribution in [0.1, 0.15) is 32.6 Å². The van der Waals surface area contributed by atoms with Gasteiger partial charge in [-0.1, -0.05) is 13.0 Å². The summed E-state index contributed by atoms with van der Waals surface area (Å²) in [6, 6.07) is 6.82. The number of aliphatic carboxylic acids is 1. The minimum absolute atomic E-state index is 0.0392. The van der Waals surface area contributed by atoms with Gasteiger partial charge in [0.2, 0.25) is 5.91 Å². The Hall–Kier alpha value is -2.04. The van der Waals surface area contributed by atoms with Gasteiger partial charge in [0, 0.05) is 17.7 Å². The van der Waals surface area contributed by atoms with E-state index in [0.29, 0.717) is 17.4 Å². The summed E-state index contributed by atoms with van der Waals surface area (Å²) in [4.78, 5) is 22.7. The number of carbonyl (C=O) groups excluding carboxylic acids is 1. The molecule has 1 aliphatic rings. The number of benzene rings is 1. The van der Waals surface area contributed by atoms with Crippen molar-refractivity contribution in [3.05, 3.63) is 24.3 Å². The van der Waals surface area contributed by atoms with E-state index in [0.717, 1.165) is 25.7 Å². The SMILES string of the molecule is CC1CCC(C(=O)Nc2cccc(OCC(=O)O)c2)CC1. The number of carboxylic acids is 1. The molecule has 1 aromatic rings. The number of ether oxygens (including phenoxy) is 1. The minimum atomic E-state index is -1.03. The van der Waals surface area contributed by atoms with E-state index in [9.17, 15) is 9.59 Å². The monoisotopic (exact) mass is 291 g/mol. The smallest absolute Gasteiger partial charge is 0.341 e. The number of amides is 1. The van der Waals surface area contributed by atoms with E-state index in [2.05, 4.69) is 12.2 Å². The van der Waals surface area contributed by atoms with Crippen LogP contribution in [0.2, 0.25) is 0 Å². The molecule has 21 heavy (non-hydrogen) atoms. The van der Waals surface area contributed by atoms with Crippen molar-refractivity contribution >= 4 is 17.6 Å². The highest BCUT2D eigenvalue weighted by Gasteiger charge is 2.24. The molecule has 0 unspecified atom stereocenters. The van der Waals surface area contributed by atoms with Gasteiger partial charge in [0.1, 0.15) is 5.75 Å². The zero-order chi connectivity index (χ0) is 15.2. The number of anilines is 1. The summed E-state index contributed by atoms with van der Waals surface area (Å²) in [6.45, 7) is 1.83. The van der Waals surface area contributed by atoms with Crippen LogP contribution in [0, 0.1) is 11.8 Å². The first-order valence-electron chi connectivity index (χ1n) is 7.30. The fourth-order valence-electron chi connectivity index (χ4n) is 2.58. The summed E-state index contributed by atoms with van der Waals surface area (Å²) in [6.07, 6.45) is 4.06. The van der Waals surface area contributed by atoms with E-state index in [1.165, 1.54) is 0 Å². The Balaban J connectivity index is 1.91. The van der Waals surface area contributed by atoms with Crippen LogP contribution in [0.4, 0.5) is 5.69 Å². The summed E-state index contributed by atoms with van der Waals surface area (Å²) in [5, 5.41) is 11.5. The molecule has 1 saturated carbocycles. The molecule has 0 aliphatic heterocycles. The Kier molecular flexibility index (Phi) is 5.20. The van der Waals surface area contributed by atoms with Gasteiger partial charge in [-0.3, -0.25) is 4.79 Å². The average Bonchev–Trinajstić information content (AvgIpc) is 2.46. The Bertz CT molecular complexity index is 507. The number of hydrogen-bond acceptors (Lipinski definition) is 3. The summed E-state index contributed by atoms with van der Waals surface area (Å²) >= 11 is 0. The van der Waals surface area contributed by atoms with Crippen molar-refractivity contribution in [2.24, 2.45) is 11.8 Å². The van der Waals surface area contributed by atoms with Crippen molar-refractivity contribution in [2.45, 2.75) is 32.6 Å². The van der Waals surface area contributed by atoms with Gasteiger partial charge in [0.25, 0.3) is 0 Å². The Labute approximate surface area is 124 Å². The van der Waals surface area contributed by atoms with Crippen LogP contribution in [0.3, 0.4) is 0 Å². The standard InChI is InChI=1S/C16H21NO4/c1-11-5-7-12(8-6-11)16(20)17-13-3-2-4-14(9-13)21-10-15(18)19/h2-4,9,11-12H,5-8,10H2,1H3,(H,17,20)(H,18,19). The molecule has 0 aromatic heterocycles. The molecule has 0 bridgehead atoms. The van der Waals surface area contributed by atoms with Gasteiger partial charge in [-0.2, -0.15) is 0 Å². The zero-order valence-electron chi connectivity index (χ0n) is 12.2. The van der Waals surface area contributed by atoms with Gasteiger partial charge >= 0.3 is 5.97 Å². The number of carbonyl (C=O) groups is 2. The molecule has 0 saturated heterocycles. The molecule has 0 heterocycles. The van der Waals surface area contributed by atoms with Crippen LogP contribution in [0.25, 0.3) is 0 Å². The van der Waals surface area contributed by atoms with Crippen LogP contribution in [-0.2, 0) is 9.59 Å². The van der Waals surface area contributed by atoms with Crippen LogP contribution in [-0.4, -0.2) is 23.6 Å². The Morgan fingerprint density at radius 3 is 2.67 bits per heavy atom. The molecule has 0 spiro atoms. The molecule has 2 rings (SSSR count). The molecule has 1 amide bonds. The average molecular weight is 291 g/mol. The number of nitrogens with one attached hydrogen (secondary N) is 1. The Morgan fingerprint density at radius 2 is 2.00 bits per heavy atom. The lowest BCUT2D eigenvalue weighted by Gasteiger charge is -2.25. The summed E-state index contributed by atoms with van der Waals surface area (Å²) in [5.74, 6) is 0.233. The van der Waals surface area contributed by atoms with Gasteiger partial charge in [-0.05, 0) is 43.7 Å². The lowest BCUT2D eigenvalue weighted by atomic mass is 9.82. The van der Waals surface area contributed by atoms with Crippen molar-refractivity contribution in [3.63, 3.8) is 0 Å². The van der Waals surface area contributed by atoms with E-state index >= 15 is 0 Å². The van der Waals surface area contributed by atoms with Crippen molar-refractivity contribution < 1.29 is 19.4 Å². The van der Waals surface area contributed by atoms with Gasteiger partial charge in [-0.15, -0.1) is 0 Å². The van der Waals surface area contributed by atoms with E-state index < -0.39 is 12.6 Å². The summed E-state index contributed by atoms with van der Waals surface area (Å²) < 4.78 is 5.10. The largest absolute Gasteiger partial charge is 0.482 e. The molecule has 1 aliphatic carbocycles. The second kappa shape index (κ2) is 7.11. The Morgan fingerprint density at radius 1 is 1.29 bits per heavy atom. The quantitative estimate of drug-likeness (QED) is 0.874. The third-order valence-corrected chi connectivity index (χ3v) is 3.85. The first-order chi connectivity index (χ1) is 10.0. The maximum absolute atomic E-state index is 12.2. The predicted octanol–water partition coefficient (Wildman–Crippen LogP) is 2.91. The van der Waals surface area contributed by atoms with Crippen molar-refractivity contribution in [1.29, 1.82) is 0 Å². The third-order valence-electron chi connectivity index (χ3n) is 3.85. The molecule has 5 heteroatoms. The molecule has 2 N–H and O–H groups in total.